The SMILES string of the molecule is OC[C@H](O)COCc1[nH]nc2ncnc(NCc3ccccc3)c12. The van der Waals surface area contributed by atoms with E-state index in [1.165, 1.54) is 6.33 Å². The number of nitrogens with zero attached hydrogens (tertiary/aromatic N) is 3. The number of benzene rings is 1. The minimum absolute atomic E-state index is 0.0392. The molecule has 0 aliphatic carbocycles. The number of aromatic amines is 1. The van der Waals surface area contributed by atoms with Crippen LogP contribution in [-0.2, 0) is 17.9 Å². The Hall–Kier alpha value is -2.55. The molecule has 1 atom stereocenters. The molecule has 0 radical (unpaired) electrons. The minimum atomic E-state index is -0.897. The van der Waals surface area contributed by atoms with E-state index in [1.54, 1.807) is 0 Å². The molecule has 0 bridgehead atoms. The van der Waals surface area contributed by atoms with Crippen molar-refractivity contribution in [3.8, 4) is 0 Å². The number of aromatic nitrogens is 4. The molecule has 0 spiro atoms. The van der Waals surface area contributed by atoms with Gasteiger partial charge in [-0.25, -0.2) is 9.97 Å². The van der Waals surface area contributed by atoms with Crippen molar-refractivity contribution >= 4 is 16.9 Å². The summed E-state index contributed by atoms with van der Waals surface area (Å²) in [6, 6.07) is 9.99. The van der Waals surface area contributed by atoms with Crippen LogP contribution in [0.1, 0.15) is 11.3 Å². The summed E-state index contributed by atoms with van der Waals surface area (Å²) in [5.74, 6) is 0.666. The van der Waals surface area contributed by atoms with Crippen LogP contribution in [0.2, 0.25) is 0 Å². The highest BCUT2D eigenvalue weighted by Gasteiger charge is 2.13. The highest BCUT2D eigenvalue weighted by Crippen LogP contribution is 2.22. The Morgan fingerprint density at radius 1 is 1.21 bits per heavy atom. The van der Waals surface area contributed by atoms with Crippen LogP contribution in [0.3, 0.4) is 0 Å². The van der Waals surface area contributed by atoms with Gasteiger partial charge in [-0.1, -0.05) is 30.3 Å². The molecule has 0 aliphatic heterocycles. The first kappa shape index (κ1) is 16.3. The van der Waals surface area contributed by atoms with Gasteiger partial charge in [0.05, 0.1) is 30.9 Å². The standard InChI is InChI=1S/C16H19N5O3/c22-7-12(23)8-24-9-13-14-15(18-10-19-16(14)21-20-13)17-6-11-4-2-1-3-5-11/h1-5,10,12,22-23H,6-9H2,(H2,17,18,19,20,21)/t12-/m0/s1. The molecule has 2 heterocycles. The molecule has 0 amide bonds. The third kappa shape index (κ3) is 3.85. The molecular formula is C16H19N5O3. The van der Waals surface area contributed by atoms with Crippen molar-refractivity contribution in [2.75, 3.05) is 18.5 Å². The Morgan fingerprint density at radius 2 is 2.04 bits per heavy atom. The van der Waals surface area contributed by atoms with Crippen LogP contribution in [0.5, 0.6) is 0 Å². The molecule has 0 fully saturated rings. The molecular weight excluding hydrogens is 310 g/mol. The van der Waals surface area contributed by atoms with Crippen LogP contribution in [-0.4, -0.2) is 49.7 Å². The Kier molecular flexibility index (Phi) is 5.32. The van der Waals surface area contributed by atoms with Crippen LogP contribution >= 0.6 is 0 Å². The summed E-state index contributed by atoms with van der Waals surface area (Å²) >= 11 is 0. The maximum Gasteiger partial charge on any atom is 0.186 e. The fourth-order valence-electron chi connectivity index (χ4n) is 2.29. The zero-order valence-corrected chi connectivity index (χ0v) is 13.0. The smallest absolute Gasteiger partial charge is 0.186 e. The number of hydrogen-bond acceptors (Lipinski definition) is 7. The lowest BCUT2D eigenvalue weighted by Gasteiger charge is -2.09. The maximum atomic E-state index is 9.33. The van der Waals surface area contributed by atoms with Gasteiger partial charge in [0.25, 0.3) is 0 Å². The van der Waals surface area contributed by atoms with Gasteiger partial charge in [0.1, 0.15) is 18.2 Å². The van der Waals surface area contributed by atoms with Crippen LogP contribution in [0, 0.1) is 0 Å². The van der Waals surface area contributed by atoms with Gasteiger partial charge in [0.2, 0.25) is 0 Å². The summed E-state index contributed by atoms with van der Waals surface area (Å²) in [6.07, 6.45) is 0.558. The van der Waals surface area contributed by atoms with E-state index in [0.29, 0.717) is 23.7 Å². The molecule has 3 aromatic rings. The van der Waals surface area contributed by atoms with E-state index in [1.807, 2.05) is 30.3 Å². The van der Waals surface area contributed by atoms with E-state index in [4.69, 9.17) is 9.84 Å². The summed E-state index contributed by atoms with van der Waals surface area (Å²) in [7, 11) is 0. The molecule has 0 saturated heterocycles. The normalized spacial score (nSPS) is 12.4. The van der Waals surface area contributed by atoms with E-state index >= 15 is 0 Å². The van der Waals surface area contributed by atoms with Gasteiger partial charge in [-0.3, -0.25) is 5.10 Å². The van der Waals surface area contributed by atoms with Crippen molar-refractivity contribution in [3.63, 3.8) is 0 Å². The highest BCUT2D eigenvalue weighted by atomic mass is 16.5. The van der Waals surface area contributed by atoms with Crippen molar-refractivity contribution in [1.29, 1.82) is 0 Å². The summed E-state index contributed by atoms with van der Waals surface area (Å²) in [4.78, 5) is 8.43. The van der Waals surface area contributed by atoms with E-state index in [9.17, 15) is 5.11 Å². The second-order valence-electron chi connectivity index (χ2n) is 5.31. The lowest BCUT2D eigenvalue weighted by Crippen LogP contribution is -2.19. The third-order valence-electron chi connectivity index (χ3n) is 3.50. The van der Waals surface area contributed by atoms with Crippen LogP contribution in [0.15, 0.2) is 36.7 Å². The van der Waals surface area contributed by atoms with Gasteiger partial charge in [-0.2, -0.15) is 5.10 Å². The largest absolute Gasteiger partial charge is 0.394 e. The topological polar surface area (TPSA) is 116 Å². The predicted octanol–water partition coefficient (Wildman–Crippen LogP) is 0.835. The fourth-order valence-corrected chi connectivity index (χ4v) is 2.29. The number of hydrogen-bond donors (Lipinski definition) is 4. The van der Waals surface area contributed by atoms with E-state index in [-0.39, 0.29) is 19.8 Å². The molecule has 2 aromatic heterocycles. The van der Waals surface area contributed by atoms with Crippen molar-refractivity contribution in [2.45, 2.75) is 19.3 Å². The molecule has 1 aromatic carbocycles. The van der Waals surface area contributed by atoms with E-state index in [0.717, 1.165) is 10.9 Å². The first-order valence-electron chi connectivity index (χ1n) is 7.60. The van der Waals surface area contributed by atoms with Gasteiger partial charge >= 0.3 is 0 Å². The van der Waals surface area contributed by atoms with Gasteiger partial charge < -0.3 is 20.3 Å². The first-order valence-corrected chi connectivity index (χ1v) is 7.60. The van der Waals surface area contributed by atoms with Crippen molar-refractivity contribution in [1.82, 2.24) is 20.2 Å². The Bertz CT molecular complexity index is 778. The van der Waals surface area contributed by atoms with E-state index in [2.05, 4.69) is 25.5 Å². The van der Waals surface area contributed by atoms with Crippen LogP contribution < -0.4 is 5.32 Å². The average Bonchev–Trinajstić information content (AvgIpc) is 3.04. The average molecular weight is 329 g/mol. The molecule has 0 aliphatic rings. The second kappa shape index (κ2) is 7.82. The number of anilines is 1. The van der Waals surface area contributed by atoms with Gasteiger partial charge in [0, 0.05) is 6.54 Å². The zero-order chi connectivity index (χ0) is 16.8. The highest BCUT2D eigenvalue weighted by molar-refractivity contribution is 5.88. The Balaban J connectivity index is 1.74. The number of aliphatic hydroxyl groups excluding tert-OH is 2. The molecule has 4 N–H and O–H groups in total. The maximum absolute atomic E-state index is 9.33. The summed E-state index contributed by atoms with van der Waals surface area (Å²) in [5, 5.41) is 29.2. The van der Waals surface area contributed by atoms with Crippen LogP contribution in [0.4, 0.5) is 5.82 Å². The number of fused-ring (bicyclic) bond motifs is 1. The third-order valence-corrected chi connectivity index (χ3v) is 3.50. The predicted molar refractivity (Wildman–Crippen MR) is 88.2 cm³/mol. The van der Waals surface area contributed by atoms with Gasteiger partial charge in [0.15, 0.2) is 5.65 Å². The van der Waals surface area contributed by atoms with Crippen molar-refractivity contribution in [2.24, 2.45) is 0 Å². The summed E-state index contributed by atoms with van der Waals surface area (Å²) in [6.45, 7) is 0.538. The molecule has 3 rings (SSSR count). The molecule has 0 unspecified atom stereocenters. The molecule has 8 heteroatoms. The summed E-state index contributed by atoms with van der Waals surface area (Å²) in [5.41, 5.74) is 2.39. The van der Waals surface area contributed by atoms with Gasteiger partial charge in [-0.05, 0) is 5.56 Å². The molecule has 8 nitrogen and oxygen atoms in total. The van der Waals surface area contributed by atoms with Crippen molar-refractivity contribution in [3.05, 3.63) is 47.9 Å². The Morgan fingerprint density at radius 3 is 2.83 bits per heavy atom. The lowest BCUT2D eigenvalue weighted by atomic mass is 10.2. The molecule has 0 saturated carbocycles. The minimum Gasteiger partial charge on any atom is -0.394 e. The zero-order valence-electron chi connectivity index (χ0n) is 13.0. The van der Waals surface area contributed by atoms with E-state index < -0.39 is 6.10 Å². The Labute approximate surface area is 138 Å². The first-order chi connectivity index (χ1) is 11.8. The number of ether oxygens (including phenoxy) is 1. The number of H-pyrrole nitrogens is 1. The number of rotatable bonds is 8. The number of nitrogens with one attached hydrogen (secondary N) is 2. The number of aliphatic hydroxyl groups is 2. The lowest BCUT2D eigenvalue weighted by molar-refractivity contribution is -0.000549. The summed E-state index contributed by atoms with van der Waals surface area (Å²) < 4.78 is 5.39. The second-order valence-corrected chi connectivity index (χ2v) is 5.31. The van der Waals surface area contributed by atoms with Crippen molar-refractivity contribution < 1.29 is 14.9 Å². The fraction of sp³-hybridized carbons (Fsp3) is 0.312. The van der Waals surface area contributed by atoms with Crippen LogP contribution in [0.25, 0.3) is 11.0 Å². The van der Waals surface area contributed by atoms with Gasteiger partial charge in [-0.15, -0.1) is 0 Å². The quantitative estimate of drug-likeness (QED) is 0.484. The monoisotopic (exact) mass is 329 g/mol. The molecule has 24 heavy (non-hydrogen) atoms. The molecule has 126 valence electrons.